The van der Waals surface area contributed by atoms with Gasteiger partial charge in [-0.3, -0.25) is 9.97 Å². The number of phenols is 1. The Labute approximate surface area is 182 Å². The van der Waals surface area contributed by atoms with Gasteiger partial charge in [-0.15, -0.1) is 0 Å². The molecule has 0 fully saturated rings. The second-order valence-electron chi connectivity index (χ2n) is 6.89. The molecule has 5 rings (SSSR count). The summed E-state index contributed by atoms with van der Waals surface area (Å²) in [5.74, 6) is 0.328. The summed E-state index contributed by atoms with van der Waals surface area (Å²) in [4.78, 5) is 8.73. The lowest BCUT2D eigenvalue weighted by Crippen LogP contribution is -1.85. The smallest absolute Gasteiger partial charge is 0.123 e. The van der Waals surface area contributed by atoms with Gasteiger partial charge in [0.1, 0.15) is 5.75 Å². The fourth-order valence-corrected chi connectivity index (χ4v) is 3.24. The number of hydrogen-bond acceptors (Lipinski definition) is 3. The molecule has 2 aromatic heterocycles. The molecular formula is C28H22N2O. The highest BCUT2D eigenvalue weighted by molar-refractivity contribution is 5.70. The summed E-state index contributed by atoms with van der Waals surface area (Å²) in [6, 6.07) is 37.3. The van der Waals surface area contributed by atoms with Crippen molar-refractivity contribution in [3.05, 3.63) is 128 Å². The van der Waals surface area contributed by atoms with Crippen molar-refractivity contribution in [2.24, 2.45) is 0 Å². The predicted octanol–water partition coefficient (Wildman–Crippen LogP) is 6.87. The molecule has 0 aliphatic rings. The Morgan fingerprint density at radius 2 is 0.968 bits per heavy atom. The van der Waals surface area contributed by atoms with E-state index >= 15 is 0 Å². The highest BCUT2D eigenvalue weighted by Crippen LogP contribution is 2.27. The molecule has 3 aromatic carbocycles. The molecule has 3 nitrogen and oxygen atoms in total. The number of rotatable bonds is 3. The SMILES string of the molecule is Oc1ccccc1-c1ccccc1.c1ccc(-c2cccc(-c3ccccn3)c2)nc1. The van der Waals surface area contributed by atoms with Crippen molar-refractivity contribution >= 4 is 0 Å². The maximum absolute atomic E-state index is 9.56. The summed E-state index contributed by atoms with van der Waals surface area (Å²) in [6.07, 6.45) is 3.62. The molecule has 0 unspecified atom stereocenters. The third kappa shape index (κ3) is 5.22. The van der Waals surface area contributed by atoms with E-state index in [1.165, 1.54) is 0 Å². The Hall–Kier alpha value is -4.24. The number of phenolic OH excluding ortho intramolecular Hbond substituents is 1. The molecule has 150 valence electrons. The third-order valence-corrected chi connectivity index (χ3v) is 4.77. The standard InChI is InChI=1S/C16H12N2.C12H10O/c1-3-10-17-15(8-1)13-6-5-7-14(12-13)16-9-2-4-11-18-16;13-12-9-5-4-8-11(12)10-6-2-1-3-7-10/h1-12H;1-9,13H. The number of aromatic hydroxyl groups is 1. The van der Waals surface area contributed by atoms with Gasteiger partial charge in [-0.25, -0.2) is 0 Å². The third-order valence-electron chi connectivity index (χ3n) is 4.77. The van der Waals surface area contributed by atoms with Gasteiger partial charge in [0, 0.05) is 29.1 Å². The Balaban J connectivity index is 0.000000158. The molecule has 2 heterocycles. The van der Waals surface area contributed by atoms with Crippen molar-refractivity contribution in [3.8, 4) is 39.4 Å². The molecule has 0 atom stereocenters. The maximum atomic E-state index is 9.56. The minimum absolute atomic E-state index is 0.328. The summed E-state index contributed by atoms with van der Waals surface area (Å²) < 4.78 is 0. The van der Waals surface area contributed by atoms with Crippen molar-refractivity contribution in [3.63, 3.8) is 0 Å². The molecule has 0 aliphatic heterocycles. The van der Waals surface area contributed by atoms with Crippen LogP contribution in [0.25, 0.3) is 33.6 Å². The van der Waals surface area contributed by atoms with Gasteiger partial charge in [-0.2, -0.15) is 0 Å². The topological polar surface area (TPSA) is 46.0 Å². The first-order valence-electron chi connectivity index (χ1n) is 10.1. The van der Waals surface area contributed by atoms with Crippen molar-refractivity contribution in [2.45, 2.75) is 0 Å². The van der Waals surface area contributed by atoms with Crippen LogP contribution in [0, 0.1) is 0 Å². The predicted molar refractivity (Wildman–Crippen MR) is 126 cm³/mol. The molecular weight excluding hydrogens is 380 g/mol. The minimum Gasteiger partial charge on any atom is -0.507 e. The number of hydrogen-bond donors (Lipinski definition) is 1. The largest absolute Gasteiger partial charge is 0.507 e. The zero-order chi connectivity index (χ0) is 21.3. The fraction of sp³-hybridized carbons (Fsp3) is 0. The summed E-state index contributed by atoms with van der Waals surface area (Å²) in [6.45, 7) is 0. The molecule has 0 bridgehead atoms. The lowest BCUT2D eigenvalue weighted by Gasteiger charge is -2.04. The zero-order valence-corrected chi connectivity index (χ0v) is 17.0. The van der Waals surface area contributed by atoms with Gasteiger partial charge in [0.2, 0.25) is 0 Å². The van der Waals surface area contributed by atoms with Crippen molar-refractivity contribution in [2.75, 3.05) is 0 Å². The number of benzene rings is 3. The van der Waals surface area contributed by atoms with E-state index in [4.69, 9.17) is 0 Å². The van der Waals surface area contributed by atoms with E-state index < -0.39 is 0 Å². The highest BCUT2D eigenvalue weighted by atomic mass is 16.3. The van der Waals surface area contributed by atoms with Crippen molar-refractivity contribution in [1.82, 2.24) is 9.97 Å². The molecule has 0 amide bonds. The summed E-state index contributed by atoms with van der Waals surface area (Å²) >= 11 is 0. The Morgan fingerprint density at radius 1 is 0.452 bits per heavy atom. The van der Waals surface area contributed by atoms with E-state index in [0.29, 0.717) is 5.75 Å². The minimum atomic E-state index is 0.328. The molecule has 1 N–H and O–H groups in total. The van der Waals surface area contributed by atoms with E-state index in [1.807, 2.05) is 103 Å². The monoisotopic (exact) mass is 402 g/mol. The van der Waals surface area contributed by atoms with Crippen LogP contribution in [0.2, 0.25) is 0 Å². The van der Waals surface area contributed by atoms with Crippen LogP contribution in [0.1, 0.15) is 0 Å². The highest BCUT2D eigenvalue weighted by Gasteiger charge is 2.02. The first kappa shape index (κ1) is 20.0. The molecule has 5 aromatic rings. The van der Waals surface area contributed by atoms with Crippen LogP contribution in [0.5, 0.6) is 5.75 Å². The number of pyridine rings is 2. The molecule has 31 heavy (non-hydrogen) atoms. The first-order valence-corrected chi connectivity index (χ1v) is 10.1. The summed E-state index contributed by atoms with van der Waals surface area (Å²) in [5.41, 5.74) is 6.10. The van der Waals surface area contributed by atoms with Crippen LogP contribution in [-0.4, -0.2) is 15.1 Å². The average molecular weight is 402 g/mol. The van der Waals surface area contributed by atoms with Gasteiger partial charge in [-0.1, -0.05) is 78.9 Å². The van der Waals surface area contributed by atoms with Crippen LogP contribution in [-0.2, 0) is 0 Å². The first-order chi connectivity index (χ1) is 15.3. The molecule has 0 aliphatic carbocycles. The van der Waals surface area contributed by atoms with Gasteiger partial charge in [-0.05, 0) is 42.0 Å². The lowest BCUT2D eigenvalue weighted by atomic mass is 10.1. The molecule has 0 saturated carbocycles. The molecule has 0 spiro atoms. The fourth-order valence-electron chi connectivity index (χ4n) is 3.24. The van der Waals surface area contributed by atoms with Crippen LogP contribution < -0.4 is 0 Å². The average Bonchev–Trinajstić information content (AvgIpc) is 2.86. The van der Waals surface area contributed by atoms with Crippen LogP contribution in [0.3, 0.4) is 0 Å². The maximum Gasteiger partial charge on any atom is 0.123 e. The van der Waals surface area contributed by atoms with Gasteiger partial charge in [0.15, 0.2) is 0 Å². The van der Waals surface area contributed by atoms with E-state index in [9.17, 15) is 5.11 Å². The number of nitrogens with zero attached hydrogens (tertiary/aromatic N) is 2. The Bertz CT molecular complexity index is 1170. The van der Waals surface area contributed by atoms with Crippen LogP contribution in [0.15, 0.2) is 128 Å². The van der Waals surface area contributed by atoms with Gasteiger partial charge in [0.25, 0.3) is 0 Å². The second kappa shape index (κ2) is 9.99. The van der Waals surface area contributed by atoms with Crippen molar-refractivity contribution in [1.29, 1.82) is 0 Å². The Kier molecular flexibility index (Phi) is 6.46. The number of aromatic nitrogens is 2. The molecule has 3 heteroatoms. The van der Waals surface area contributed by atoms with Crippen molar-refractivity contribution < 1.29 is 5.11 Å². The molecule has 0 radical (unpaired) electrons. The normalized spacial score (nSPS) is 10.1. The zero-order valence-electron chi connectivity index (χ0n) is 17.0. The quantitative estimate of drug-likeness (QED) is 0.358. The Morgan fingerprint density at radius 3 is 1.52 bits per heavy atom. The second-order valence-corrected chi connectivity index (χ2v) is 6.89. The van der Waals surface area contributed by atoms with E-state index in [0.717, 1.165) is 33.6 Å². The van der Waals surface area contributed by atoms with Gasteiger partial charge >= 0.3 is 0 Å². The van der Waals surface area contributed by atoms with E-state index in [2.05, 4.69) is 28.2 Å². The molecule has 0 saturated heterocycles. The van der Waals surface area contributed by atoms with Gasteiger partial charge < -0.3 is 5.11 Å². The summed E-state index contributed by atoms with van der Waals surface area (Å²) in [5, 5.41) is 9.56. The lowest BCUT2D eigenvalue weighted by molar-refractivity contribution is 0.477. The van der Waals surface area contributed by atoms with E-state index in [1.54, 1.807) is 6.07 Å². The van der Waals surface area contributed by atoms with Crippen LogP contribution >= 0.6 is 0 Å². The summed E-state index contributed by atoms with van der Waals surface area (Å²) in [7, 11) is 0. The number of para-hydroxylation sites is 1. The van der Waals surface area contributed by atoms with E-state index in [-0.39, 0.29) is 0 Å². The van der Waals surface area contributed by atoms with Crippen LogP contribution in [0.4, 0.5) is 0 Å². The van der Waals surface area contributed by atoms with Gasteiger partial charge in [0.05, 0.1) is 11.4 Å².